The SMILES string of the molecule is OC(CC1CCCCCN1Cc1ccon1)c1ccco1. The molecule has 0 spiro atoms. The molecule has 2 atom stereocenters. The quantitative estimate of drug-likeness (QED) is 0.916. The molecule has 2 aromatic rings. The van der Waals surface area contributed by atoms with Crippen LogP contribution in [0.25, 0.3) is 0 Å². The van der Waals surface area contributed by atoms with E-state index in [-0.39, 0.29) is 0 Å². The molecule has 0 radical (unpaired) electrons. The highest BCUT2D eigenvalue weighted by molar-refractivity contribution is 5.03. The second-order valence-electron chi connectivity index (χ2n) is 5.73. The lowest BCUT2D eigenvalue weighted by atomic mass is 10.0. The number of aliphatic hydroxyl groups excluding tert-OH is 1. The molecule has 0 bridgehead atoms. The van der Waals surface area contributed by atoms with E-state index in [1.807, 2.05) is 18.2 Å². The van der Waals surface area contributed by atoms with Gasteiger partial charge in [-0.1, -0.05) is 18.0 Å². The van der Waals surface area contributed by atoms with E-state index in [4.69, 9.17) is 8.94 Å². The molecule has 1 aliphatic rings. The van der Waals surface area contributed by atoms with E-state index in [0.29, 0.717) is 18.2 Å². The number of likely N-dealkylation sites (tertiary alicyclic amines) is 1. The van der Waals surface area contributed by atoms with Crippen LogP contribution in [0.4, 0.5) is 0 Å². The molecule has 1 aliphatic heterocycles. The van der Waals surface area contributed by atoms with Crippen molar-refractivity contribution < 1.29 is 14.0 Å². The number of hydrogen-bond acceptors (Lipinski definition) is 5. The topological polar surface area (TPSA) is 62.6 Å². The van der Waals surface area contributed by atoms with Crippen LogP contribution in [-0.2, 0) is 6.54 Å². The lowest BCUT2D eigenvalue weighted by Crippen LogP contribution is -2.35. The van der Waals surface area contributed by atoms with Crippen molar-refractivity contribution in [3.63, 3.8) is 0 Å². The van der Waals surface area contributed by atoms with E-state index in [0.717, 1.165) is 25.2 Å². The van der Waals surface area contributed by atoms with Gasteiger partial charge in [-0.2, -0.15) is 0 Å². The van der Waals surface area contributed by atoms with Crippen LogP contribution in [0.2, 0.25) is 0 Å². The number of nitrogens with zero attached hydrogens (tertiary/aromatic N) is 2. The second-order valence-corrected chi connectivity index (χ2v) is 5.73. The lowest BCUT2D eigenvalue weighted by molar-refractivity contribution is 0.0820. The van der Waals surface area contributed by atoms with Crippen molar-refractivity contribution in [2.24, 2.45) is 0 Å². The van der Waals surface area contributed by atoms with Crippen LogP contribution in [0, 0.1) is 0 Å². The third-order valence-electron chi connectivity index (χ3n) is 4.22. The molecule has 0 aromatic carbocycles. The number of furan rings is 1. The van der Waals surface area contributed by atoms with Gasteiger partial charge >= 0.3 is 0 Å². The van der Waals surface area contributed by atoms with Crippen molar-refractivity contribution in [1.82, 2.24) is 10.1 Å². The first kappa shape index (κ1) is 14.4. The van der Waals surface area contributed by atoms with Gasteiger partial charge in [0.2, 0.25) is 0 Å². The molecule has 0 amide bonds. The molecule has 3 rings (SSSR count). The molecule has 0 saturated carbocycles. The molecular weight excluding hydrogens is 268 g/mol. The van der Waals surface area contributed by atoms with Gasteiger partial charge in [-0.25, -0.2) is 0 Å². The third kappa shape index (κ3) is 3.74. The summed E-state index contributed by atoms with van der Waals surface area (Å²) in [5.74, 6) is 0.653. The first-order valence-electron chi connectivity index (χ1n) is 7.67. The van der Waals surface area contributed by atoms with Crippen molar-refractivity contribution in [1.29, 1.82) is 0 Å². The van der Waals surface area contributed by atoms with Crippen LogP contribution in [0.5, 0.6) is 0 Å². The Bertz CT molecular complexity index is 510. The molecule has 3 heterocycles. The zero-order chi connectivity index (χ0) is 14.5. The Balaban J connectivity index is 1.66. The fourth-order valence-corrected chi connectivity index (χ4v) is 3.09. The van der Waals surface area contributed by atoms with Crippen molar-refractivity contribution in [2.75, 3.05) is 6.54 Å². The average Bonchev–Trinajstić information content (AvgIpc) is 3.14. The minimum atomic E-state index is -0.539. The Kier molecular flexibility index (Phi) is 4.72. The molecular formula is C16H22N2O3. The fourth-order valence-electron chi connectivity index (χ4n) is 3.09. The fraction of sp³-hybridized carbons (Fsp3) is 0.562. The summed E-state index contributed by atoms with van der Waals surface area (Å²) in [5, 5.41) is 14.3. The summed E-state index contributed by atoms with van der Waals surface area (Å²) in [6.45, 7) is 1.83. The molecule has 1 N–H and O–H groups in total. The predicted molar refractivity (Wildman–Crippen MR) is 77.5 cm³/mol. The summed E-state index contributed by atoms with van der Waals surface area (Å²) in [6, 6.07) is 5.91. The average molecular weight is 290 g/mol. The molecule has 1 saturated heterocycles. The van der Waals surface area contributed by atoms with Gasteiger partial charge in [0.15, 0.2) is 0 Å². The number of rotatable bonds is 5. The van der Waals surface area contributed by atoms with Gasteiger partial charge in [-0.15, -0.1) is 0 Å². The Morgan fingerprint density at radius 1 is 1.29 bits per heavy atom. The summed E-state index contributed by atoms with van der Waals surface area (Å²) in [6.07, 6.45) is 8.15. The first-order valence-corrected chi connectivity index (χ1v) is 7.67. The van der Waals surface area contributed by atoms with Crippen molar-refractivity contribution in [3.8, 4) is 0 Å². The molecule has 5 heteroatoms. The highest BCUT2D eigenvalue weighted by atomic mass is 16.5. The van der Waals surface area contributed by atoms with Crippen LogP contribution < -0.4 is 0 Å². The highest BCUT2D eigenvalue weighted by Crippen LogP contribution is 2.27. The Hall–Kier alpha value is -1.59. The Labute approximate surface area is 124 Å². The first-order chi connectivity index (χ1) is 10.3. The summed E-state index contributed by atoms with van der Waals surface area (Å²) in [4.78, 5) is 2.41. The highest BCUT2D eigenvalue weighted by Gasteiger charge is 2.25. The standard InChI is InChI=1S/C16H22N2O3/c19-15(16-6-4-9-20-16)11-14-5-2-1-3-8-18(14)12-13-7-10-21-17-13/h4,6-7,9-10,14-15,19H,1-3,5,8,11-12H2. The normalized spacial score (nSPS) is 22.0. The summed E-state index contributed by atoms with van der Waals surface area (Å²) in [5.41, 5.74) is 0.953. The third-order valence-corrected chi connectivity index (χ3v) is 4.22. The maximum absolute atomic E-state index is 10.3. The molecule has 1 fully saturated rings. The zero-order valence-corrected chi connectivity index (χ0v) is 12.1. The van der Waals surface area contributed by atoms with Crippen molar-refractivity contribution in [2.45, 2.75) is 50.8 Å². The molecule has 21 heavy (non-hydrogen) atoms. The monoisotopic (exact) mass is 290 g/mol. The van der Waals surface area contributed by atoms with Crippen LogP contribution >= 0.6 is 0 Å². The zero-order valence-electron chi connectivity index (χ0n) is 12.1. The molecule has 0 aliphatic carbocycles. The van der Waals surface area contributed by atoms with Crippen LogP contribution in [0.1, 0.15) is 49.7 Å². The Morgan fingerprint density at radius 2 is 2.24 bits per heavy atom. The van der Waals surface area contributed by atoms with E-state index >= 15 is 0 Å². The van der Waals surface area contributed by atoms with Gasteiger partial charge in [0.25, 0.3) is 0 Å². The molecule has 5 nitrogen and oxygen atoms in total. The van der Waals surface area contributed by atoms with E-state index in [1.165, 1.54) is 19.3 Å². The van der Waals surface area contributed by atoms with E-state index < -0.39 is 6.10 Å². The van der Waals surface area contributed by atoms with Crippen LogP contribution in [-0.4, -0.2) is 27.7 Å². The van der Waals surface area contributed by atoms with Crippen molar-refractivity contribution in [3.05, 3.63) is 42.2 Å². The van der Waals surface area contributed by atoms with Crippen LogP contribution in [0.3, 0.4) is 0 Å². The largest absolute Gasteiger partial charge is 0.467 e. The van der Waals surface area contributed by atoms with E-state index in [9.17, 15) is 5.11 Å². The van der Waals surface area contributed by atoms with Gasteiger partial charge in [0.1, 0.15) is 18.1 Å². The summed E-state index contributed by atoms with van der Waals surface area (Å²) >= 11 is 0. The maximum Gasteiger partial charge on any atom is 0.132 e. The smallest absolute Gasteiger partial charge is 0.132 e. The maximum atomic E-state index is 10.3. The van der Waals surface area contributed by atoms with Crippen molar-refractivity contribution >= 4 is 0 Å². The van der Waals surface area contributed by atoms with Gasteiger partial charge in [0, 0.05) is 18.7 Å². The molecule has 2 unspecified atom stereocenters. The summed E-state index contributed by atoms with van der Waals surface area (Å²) in [7, 11) is 0. The summed E-state index contributed by atoms with van der Waals surface area (Å²) < 4.78 is 10.2. The molecule has 2 aromatic heterocycles. The van der Waals surface area contributed by atoms with E-state index in [2.05, 4.69) is 10.1 Å². The van der Waals surface area contributed by atoms with Gasteiger partial charge in [-0.05, 0) is 37.9 Å². The predicted octanol–water partition coefficient (Wildman–Crippen LogP) is 3.14. The van der Waals surface area contributed by atoms with Gasteiger partial charge in [-0.3, -0.25) is 4.90 Å². The number of hydrogen-bond donors (Lipinski definition) is 1. The minimum Gasteiger partial charge on any atom is -0.467 e. The number of aliphatic hydroxyl groups is 1. The van der Waals surface area contributed by atoms with Gasteiger partial charge < -0.3 is 14.0 Å². The molecule has 114 valence electrons. The van der Waals surface area contributed by atoms with E-state index in [1.54, 1.807) is 12.5 Å². The van der Waals surface area contributed by atoms with Gasteiger partial charge in [0.05, 0.1) is 12.0 Å². The number of aromatic nitrogens is 1. The lowest BCUT2D eigenvalue weighted by Gasteiger charge is -2.30. The van der Waals surface area contributed by atoms with Crippen LogP contribution in [0.15, 0.2) is 39.7 Å². The second kappa shape index (κ2) is 6.91. The Morgan fingerprint density at radius 3 is 3.00 bits per heavy atom. The minimum absolute atomic E-state index is 0.351.